The van der Waals surface area contributed by atoms with Crippen molar-refractivity contribution in [1.29, 1.82) is 0 Å². The smallest absolute Gasteiger partial charge is 0.225 e. The summed E-state index contributed by atoms with van der Waals surface area (Å²) in [4.78, 5) is 21.3. The van der Waals surface area contributed by atoms with Gasteiger partial charge in [-0.25, -0.2) is 14.1 Å². The number of nitrogens with two attached hydrogens (primary N) is 1. The highest BCUT2D eigenvalue weighted by Crippen LogP contribution is 2.39. The minimum absolute atomic E-state index is 0.0474. The summed E-state index contributed by atoms with van der Waals surface area (Å²) in [6, 6.07) is 4.38. The number of anilines is 1. The first-order valence-corrected chi connectivity index (χ1v) is 11.0. The van der Waals surface area contributed by atoms with Gasteiger partial charge < -0.3 is 16.4 Å². The molecule has 3 aromatic rings. The molecule has 4 N–H and O–H groups in total. The third kappa shape index (κ3) is 4.14. The van der Waals surface area contributed by atoms with E-state index in [1.807, 2.05) is 6.92 Å². The van der Waals surface area contributed by atoms with E-state index in [4.69, 9.17) is 5.73 Å². The van der Waals surface area contributed by atoms with Crippen LogP contribution in [0, 0.1) is 11.2 Å². The fraction of sp³-hybridized carbons (Fsp3) is 0.429. The summed E-state index contributed by atoms with van der Waals surface area (Å²) in [5.74, 6) is 0.0961. The largest absolute Gasteiger partial charge is 0.359 e. The Kier molecular flexibility index (Phi) is 5.69. The van der Waals surface area contributed by atoms with Crippen LogP contribution in [0.25, 0.3) is 16.7 Å². The van der Waals surface area contributed by atoms with Crippen molar-refractivity contribution in [1.82, 2.24) is 25.1 Å². The lowest BCUT2D eigenvalue weighted by Gasteiger charge is -2.22. The zero-order valence-corrected chi connectivity index (χ0v) is 19.2. The third-order valence-electron chi connectivity index (χ3n) is 5.90. The van der Waals surface area contributed by atoms with Crippen molar-refractivity contribution in [3.8, 4) is 5.69 Å². The normalized spacial score (nSPS) is 21.9. The van der Waals surface area contributed by atoms with Crippen molar-refractivity contribution in [2.24, 2.45) is 11.1 Å². The van der Waals surface area contributed by atoms with E-state index >= 15 is 0 Å². The maximum atomic E-state index is 14.2. The lowest BCUT2D eigenvalue weighted by molar-refractivity contribution is -0.129. The number of hydrogen-bond donors (Lipinski definition) is 3. The van der Waals surface area contributed by atoms with Crippen LogP contribution in [0.3, 0.4) is 0 Å². The molecule has 0 spiro atoms. The van der Waals surface area contributed by atoms with E-state index in [1.54, 1.807) is 30.9 Å². The number of benzene rings is 1. The van der Waals surface area contributed by atoms with Crippen LogP contribution in [0.1, 0.15) is 44.7 Å². The molecule has 2 aromatic heterocycles. The maximum Gasteiger partial charge on any atom is 0.225 e. The Balaban J connectivity index is 1.67. The molecule has 164 valence electrons. The van der Waals surface area contributed by atoms with Gasteiger partial charge in [0, 0.05) is 30.7 Å². The van der Waals surface area contributed by atoms with Crippen LogP contribution in [0.15, 0.2) is 29.0 Å². The van der Waals surface area contributed by atoms with E-state index in [-0.39, 0.29) is 18.0 Å². The van der Waals surface area contributed by atoms with Gasteiger partial charge in [0.1, 0.15) is 10.4 Å². The molecule has 1 saturated carbocycles. The second kappa shape index (κ2) is 8.16. The van der Waals surface area contributed by atoms with E-state index in [0.29, 0.717) is 39.3 Å². The zero-order chi connectivity index (χ0) is 22.3. The Morgan fingerprint density at radius 2 is 2.19 bits per heavy atom. The molecule has 10 heteroatoms. The number of fused-ring (bicyclic) bond motifs is 1. The van der Waals surface area contributed by atoms with Crippen molar-refractivity contribution in [2.45, 2.75) is 45.2 Å². The Bertz CT molecular complexity index is 1150. The Morgan fingerprint density at radius 1 is 1.42 bits per heavy atom. The molecule has 1 aliphatic rings. The Hall–Kier alpha value is -2.59. The number of hydrogen-bond acceptors (Lipinski definition) is 6. The van der Waals surface area contributed by atoms with Crippen LogP contribution in [0.5, 0.6) is 0 Å². The van der Waals surface area contributed by atoms with Gasteiger partial charge in [-0.15, -0.1) is 0 Å². The third-order valence-corrected chi connectivity index (χ3v) is 6.49. The minimum Gasteiger partial charge on any atom is -0.359 e. The summed E-state index contributed by atoms with van der Waals surface area (Å²) in [7, 11) is 1.66. The highest BCUT2D eigenvalue weighted by molar-refractivity contribution is 9.10. The van der Waals surface area contributed by atoms with Crippen LogP contribution in [0.4, 0.5) is 10.3 Å². The Morgan fingerprint density at radius 3 is 2.90 bits per heavy atom. The molecule has 1 amide bonds. The molecule has 3 atom stereocenters. The van der Waals surface area contributed by atoms with Gasteiger partial charge in [0.15, 0.2) is 5.65 Å². The monoisotopic (exact) mass is 489 g/mol. The molecule has 31 heavy (non-hydrogen) atoms. The topological polar surface area (TPSA) is 111 Å². The van der Waals surface area contributed by atoms with Gasteiger partial charge >= 0.3 is 0 Å². The highest BCUT2D eigenvalue weighted by atomic mass is 79.9. The number of aromatic nitrogens is 4. The summed E-state index contributed by atoms with van der Waals surface area (Å²) < 4.78 is 16.3. The fourth-order valence-corrected chi connectivity index (χ4v) is 4.59. The average Bonchev–Trinajstić information content (AvgIpc) is 3.27. The quantitative estimate of drug-likeness (QED) is 0.506. The lowest BCUT2D eigenvalue weighted by atomic mass is 9.87. The second-order valence-electron chi connectivity index (χ2n) is 8.39. The number of carbonyl (C=O) groups is 1. The first kappa shape index (κ1) is 21.6. The molecule has 0 unspecified atom stereocenters. The van der Waals surface area contributed by atoms with Crippen LogP contribution < -0.4 is 16.4 Å². The summed E-state index contributed by atoms with van der Waals surface area (Å²) in [6.07, 6.45) is 4.00. The van der Waals surface area contributed by atoms with E-state index in [1.165, 1.54) is 12.1 Å². The van der Waals surface area contributed by atoms with Gasteiger partial charge in [-0.2, -0.15) is 10.1 Å². The molecular weight excluding hydrogens is 465 g/mol. The number of nitrogens with zero attached hydrogens (tertiary/aromatic N) is 4. The van der Waals surface area contributed by atoms with Crippen molar-refractivity contribution < 1.29 is 9.18 Å². The number of amides is 1. The van der Waals surface area contributed by atoms with E-state index in [2.05, 4.69) is 41.6 Å². The molecule has 8 nitrogen and oxygen atoms in total. The minimum atomic E-state index is -0.405. The molecule has 1 aliphatic carbocycles. The zero-order valence-electron chi connectivity index (χ0n) is 17.6. The fourth-order valence-electron chi connectivity index (χ4n) is 4.15. The molecule has 0 saturated heterocycles. The van der Waals surface area contributed by atoms with Gasteiger partial charge in [-0.3, -0.25) is 4.79 Å². The summed E-state index contributed by atoms with van der Waals surface area (Å²) in [5.41, 5.74) is 7.28. The summed E-state index contributed by atoms with van der Waals surface area (Å²) in [6.45, 7) is 3.78. The van der Waals surface area contributed by atoms with Crippen LogP contribution in [-0.2, 0) is 4.79 Å². The van der Waals surface area contributed by atoms with Crippen molar-refractivity contribution in [3.63, 3.8) is 0 Å². The average molecular weight is 490 g/mol. The summed E-state index contributed by atoms with van der Waals surface area (Å²) >= 11 is 3.44. The van der Waals surface area contributed by atoms with Gasteiger partial charge in [0.25, 0.3) is 0 Å². The van der Waals surface area contributed by atoms with E-state index < -0.39 is 11.2 Å². The van der Waals surface area contributed by atoms with E-state index in [0.717, 1.165) is 12.8 Å². The molecule has 0 aliphatic heterocycles. The molecule has 0 bridgehead atoms. The van der Waals surface area contributed by atoms with Gasteiger partial charge in [-0.05, 0) is 65.9 Å². The second-order valence-corrected chi connectivity index (χ2v) is 9.14. The molecule has 0 radical (unpaired) electrons. The van der Waals surface area contributed by atoms with Crippen molar-refractivity contribution >= 4 is 38.8 Å². The molecule has 2 heterocycles. The van der Waals surface area contributed by atoms with Gasteiger partial charge in [0.05, 0.1) is 11.1 Å². The summed E-state index contributed by atoms with van der Waals surface area (Å²) in [5, 5.41) is 11.3. The van der Waals surface area contributed by atoms with Crippen LogP contribution in [0.2, 0.25) is 0 Å². The SMILES string of the molecule is CNC(=O)[C@]1(C)CC[C@@H](Nc2ncc3c(Br)nn(-c4cc(F)cc([C@H](C)N)c4)c3n2)C1. The lowest BCUT2D eigenvalue weighted by Crippen LogP contribution is -2.35. The number of rotatable bonds is 5. The van der Waals surface area contributed by atoms with Crippen LogP contribution in [-0.4, -0.2) is 38.7 Å². The molecule has 1 fully saturated rings. The number of carbonyl (C=O) groups excluding carboxylic acids is 1. The van der Waals surface area contributed by atoms with E-state index in [9.17, 15) is 9.18 Å². The first-order valence-electron chi connectivity index (χ1n) is 10.2. The molecule has 1 aromatic carbocycles. The predicted molar refractivity (Wildman–Crippen MR) is 120 cm³/mol. The number of halogens is 2. The maximum absolute atomic E-state index is 14.2. The standard InChI is InChI=1S/C21H25BrFN7O/c1-11(24)12-6-13(23)8-15(7-12)30-18-16(17(22)29-30)10-26-20(28-18)27-14-4-5-21(2,9-14)19(31)25-3/h6-8,10-11,14H,4-5,9,24H2,1-3H3,(H,25,31)(H,26,27,28)/t11-,14+,21+/m0/s1. The predicted octanol–water partition coefficient (Wildman–Crippen LogP) is 3.45. The molecular formula is C21H25BrFN7O. The molecule has 4 rings (SSSR count). The number of nitrogens with one attached hydrogen (secondary N) is 2. The van der Waals surface area contributed by atoms with Crippen molar-refractivity contribution in [2.75, 3.05) is 12.4 Å². The van der Waals surface area contributed by atoms with Gasteiger partial charge in [-0.1, -0.05) is 6.92 Å². The highest BCUT2D eigenvalue weighted by Gasteiger charge is 2.40. The first-order chi connectivity index (χ1) is 14.7. The Labute approximate surface area is 187 Å². The van der Waals surface area contributed by atoms with Crippen molar-refractivity contribution in [3.05, 3.63) is 40.4 Å². The van der Waals surface area contributed by atoms with Gasteiger partial charge in [0.2, 0.25) is 11.9 Å². The van der Waals surface area contributed by atoms with Crippen LogP contribution >= 0.6 is 15.9 Å².